The van der Waals surface area contributed by atoms with Crippen LogP contribution in [0.15, 0.2) is 24.3 Å². The lowest BCUT2D eigenvalue weighted by molar-refractivity contribution is -0.138. The molecule has 2 N–H and O–H groups in total. The molecule has 21 heavy (non-hydrogen) atoms. The molecule has 2 rings (SSSR count). The number of carbonyl (C=O) groups is 2. The van der Waals surface area contributed by atoms with Crippen LogP contribution in [0.3, 0.4) is 0 Å². The molecule has 1 fully saturated rings. The van der Waals surface area contributed by atoms with Gasteiger partial charge < -0.3 is 15.4 Å². The Morgan fingerprint density at radius 3 is 2.38 bits per heavy atom. The number of methoxy groups -OCH3 is 1. The fourth-order valence-corrected chi connectivity index (χ4v) is 2.42. The zero-order valence-electron chi connectivity index (χ0n) is 12.7. The lowest BCUT2D eigenvalue weighted by Crippen LogP contribution is -2.63. The molecule has 0 bridgehead atoms. The van der Waals surface area contributed by atoms with Crippen molar-refractivity contribution in [2.45, 2.75) is 38.8 Å². The number of amides is 2. The van der Waals surface area contributed by atoms with Gasteiger partial charge in [-0.05, 0) is 23.6 Å². The molecule has 2 amide bonds. The highest BCUT2D eigenvalue weighted by atomic mass is 16.5. The number of nitrogens with one attached hydrogen (secondary N) is 2. The third kappa shape index (κ3) is 3.54. The quantitative estimate of drug-likeness (QED) is 0.858. The van der Waals surface area contributed by atoms with Gasteiger partial charge >= 0.3 is 0 Å². The lowest BCUT2D eigenvalue weighted by Gasteiger charge is -2.32. The third-order valence-corrected chi connectivity index (χ3v) is 4.03. The number of piperazine rings is 1. The van der Waals surface area contributed by atoms with Crippen molar-refractivity contribution in [2.24, 2.45) is 5.92 Å². The number of benzene rings is 1. The van der Waals surface area contributed by atoms with Crippen molar-refractivity contribution in [1.82, 2.24) is 10.6 Å². The zero-order chi connectivity index (χ0) is 15.4. The predicted molar refractivity (Wildman–Crippen MR) is 80.0 cm³/mol. The number of carbonyl (C=O) groups excluding carboxylic acids is 2. The van der Waals surface area contributed by atoms with Crippen LogP contribution in [0.2, 0.25) is 0 Å². The van der Waals surface area contributed by atoms with E-state index in [1.807, 2.05) is 38.1 Å². The third-order valence-electron chi connectivity index (χ3n) is 4.03. The van der Waals surface area contributed by atoms with Gasteiger partial charge in [0.05, 0.1) is 7.11 Å². The maximum absolute atomic E-state index is 12.1. The fraction of sp³-hybridized carbons (Fsp3) is 0.500. The maximum Gasteiger partial charge on any atom is 0.243 e. The van der Waals surface area contributed by atoms with Crippen molar-refractivity contribution in [1.29, 1.82) is 0 Å². The van der Waals surface area contributed by atoms with Crippen molar-refractivity contribution in [3.05, 3.63) is 29.8 Å². The predicted octanol–water partition coefficient (Wildman–Crippen LogP) is 1.27. The minimum absolute atomic E-state index is 0.0949. The van der Waals surface area contributed by atoms with Crippen LogP contribution in [0.25, 0.3) is 0 Å². The Kier molecular flexibility index (Phi) is 4.83. The van der Waals surface area contributed by atoms with E-state index in [4.69, 9.17) is 4.74 Å². The summed E-state index contributed by atoms with van der Waals surface area (Å²) in [7, 11) is 1.61. The van der Waals surface area contributed by atoms with Crippen LogP contribution in [0.5, 0.6) is 5.75 Å². The highest BCUT2D eigenvalue weighted by Crippen LogP contribution is 2.16. The number of hydrogen-bond donors (Lipinski definition) is 2. The molecule has 0 aromatic heterocycles. The summed E-state index contributed by atoms with van der Waals surface area (Å²) in [6.45, 7) is 3.97. The summed E-state index contributed by atoms with van der Waals surface area (Å²) in [5.41, 5.74) is 0.984. The van der Waals surface area contributed by atoms with Gasteiger partial charge in [-0.1, -0.05) is 32.4 Å². The highest BCUT2D eigenvalue weighted by Gasteiger charge is 2.35. The molecule has 1 aliphatic rings. The molecule has 0 spiro atoms. The second-order valence-corrected chi connectivity index (χ2v) is 5.49. The Morgan fingerprint density at radius 2 is 1.81 bits per heavy atom. The van der Waals surface area contributed by atoms with Crippen LogP contribution in [-0.2, 0) is 16.0 Å². The summed E-state index contributed by atoms with van der Waals surface area (Å²) in [4.78, 5) is 24.2. The van der Waals surface area contributed by atoms with Crippen LogP contribution >= 0.6 is 0 Å². The molecule has 5 heteroatoms. The summed E-state index contributed by atoms with van der Waals surface area (Å²) < 4.78 is 5.10. The molecule has 0 radical (unpaired) electrons. The first-order valence-electron chi connectivity index (χ1n) is 7.28. The molecule has 0 saturated carbocycles. The molecule has 0 aliphatic carbocycles. The van der Waals surface area contributed by atoms with Gasteiger partial charge in [0.15, 0.2) is 0 Å². The summed E-state index contributed by atoms with van der Waals surface area (Å²) in [6.07, 6.45) is 1.33. The molecule has 0 unspecified atom stereocenters. The van der Waals surface area contributed by atoms with Crippen molar-refractivity contribution < 1.29 is 14.3 Å². The molecule has 1 heterocycles. The molecule has 1 aromatic carbocycles. The minimum Gasteiger partial charge on any atom is -0.497 e. The average Bonchev–Trinajstić information content (AvgIpc) is 2.50. The number of rotatable bonds is 5. The second-order valence-electron chi connectivity index (χ2n) is 5.49. The monoisotopic (exact) mass is 290 g/mol. The summed E-state index contributed by atoms with van der Waals surface area (Å²) in [5, 5.41) is 5.66. The normalized spacial score (nSPS) is 23.2. The van der Waals surface area contributed by atoms with E-state index in [-0.39, 0.29) is 17.7 Å². The first-order valence-corrected chi connectivity index (χ1v) is 7.28. The number of hydrogen-bond acceptors (Lipinski definition) is 3. The van der Waals surface area contributed by atoms with E-state index in [9.17, 15) is 9.59 Å². The van der Waals surface area contributed by atoms with Gasteiger partial charge in [0, 0.05) is 6.42 Å². The fourth-order valence-electron chi connectivity index (χ4n) is 2.42. The van der Waals surface area contributed by atoms with E-state index >= 15 is 0 Å². The van der Waals surface area contributed by atoms with Gasteiger partial charge in [0.2, 0.25) is 11.8 Å². The van der Waals surface area contributed by atoms with E-state index in [2.05, 4.69) is 10.6 Å². The van der Waals surface area contributed by atoms with Crippen molar-refractivity contribution in [3.8, 4) is 5.75 Å². The molecule has 1 aliphatic heterocycles. The van der Waals surface area contributed by atoms with Crippen LogP contribution in [0.4, 0.5) is 0 Å². The Labute approximate surface area is 125 Å². The average molecular weight is 290 g/mol. The van der Waals surface area contributed by atoms with Gasteiger partial charge in [-0.25, -0.2) is 0 Å². The van der Waals surface area contributed by atoms with E-state index in [1.165, 1.54) is 0 Å². The maximum atomic E-state index is 12.1. The molecule has 3 atom stereocenters. The minimum atomic E-state index is -0.508. The van der Waals surface area contributed by atoms with Gasteiger partial charge in [0.1, 0.15) is 17.8 Å². The van der Waals surface area contributed by atoms with E-state index in [0.29, 0.717) is 6.42 Å². The van der Waals surface area contributed by atoms with Crippen molar-refractivity contribution in [2.75, 3.05) is 7.11 Å². The van der Waals surface area contributed by atoms with Crippen LogP contribution in [-0.4, -0.2) is 31.0 Å². The molecule has 1 aromatic rings. The van der Waals surface area contributed by atoms with Gasteiger partial charge in [-0.3, -0.25) is 9.59 Å². The van der Waals surface area contributed by atoms with Crippen molar-refractivity contribution in [3.63, 3.8) is 0 Å². The van der Waals surface area contributed by atoms with E-state index < -0.39 is 12.1 Å². The number of ether oxygens (including phenoxy) is 1. The Morgan fingerprint density at radius 1 is 1.14 bits per heavy atom. The summed E-state index contributed by atoms with van der Waals surface area (Å²) in [6, 6.07) is 6.57. The van der Waals surface area contributed by atoms with Gasteiger partial charge in [0.25, 0.3) is 0 Å². The largest absolute Gasteiger partial charge is 0.497 e. The second kappa shape index (κ2) is 6.61. The van der Waals surface area contributed by atoms with Crippen LogP contribution in [0, 0.1) is 5.92 Å². The highest BCUT2D eigenvalue weighted by molar-refractivity contribution is 5.97. The molecular weight excluding hydrogens is 268 g/mol. The summed E-state index contributed by atoms with van der Waals surface area (Å²) in [5.74, 6) is 0.696. The lowest BCUT2D eigenvalue weighted by atomic mass is 9.94. The zero-order valence-corrected chi connectivity index (χ0v) is 12.7. The van der Waals surface area contributed by atoms with Crippen molar-refractivity contribution >= 4 is 11.8 Å². The first kappa shape index (κ1) is 15.4. The Balaban J connectivity index is 2.01. The van der Waals surface area contributed by atoms with Gasteiger partial charge in [-0.2, -0.15) is 0 Å². The smallest absolute Gasteiger partial charge is 0.243 e. The van der Waals surface area contributed by atoms with E-state index in [1.54, 1.807) is 7.11 Å². The Bertz CT molecular complexity index is 513. The molecule has 5 nitrogen and oxygen atoms in total. The van der Waals surface area contributed by atoms with Gasteiger partial charge in [-0.15, -0.1) is 0 Å². The van der Waals surface area contributed by atoms with E-state index in [0.717, 1.165) is 17.7 Å². The topological polar surface area (TPSA) is 67.4 Å². The van der Waals surface area contributed by atoms with Crippen LogP contribution in [0.1, 0.15) is 25.8 Å². The first-order chi connectivity index (χ1) is 10.0. The van der Waals surface area contributed by atoms with Crippen LogP contribution < -0.4 is 15.4 Å². The molecule has 114 valence electrons. The molecular formula is C16H22N2O3. The molecule has 1 saturated heterocycles. The summed E-state index contributed by atoms with van der Waals surface area (Å²) >= 11 is 0. The Hall–Kier alpha value is -2.04. The standard InChI is InChI=1S/C16H22N2O3/c1-4-10(2)14-16(20)17-13(15(19)18-14)9-11-5-7-12(21-3)8-6-11/h5-8,10,13-14H,4,9H2,1-3H3,(H,17,20)(H,18,19)/t10-,13-,14-/m0/s1. The SMILES string of the molecule is CC[C@H](C)[C@@H]1NC(=O)[C@H](Cc2ccc(OC)cc2)NC1=O.